The van der Waals surface area contributed by atoms with Crippen LogP contribution in [0.15, 0.2) is 4.99 Å². The molecular weight excluding hydrogens is 242 g/mol. The quantitative estimate of drug-likeness (QED) is 0.398. The Hall–Kier alpha value is -0.810. The zero-order valence-electron chi connectivity index (χ0n) is 12.6. The van der Waals surface area contributed by atoms with Gasteiger partial charge in [0.25, 0.3) is 0 Å². The molecule has 0 radical (unpaired) electrons. The molecule has 1 aliphatic heterocycles. The lowest BCUT2D eigenvalue weighted by Crippen LogP contribution is -2.38. The summed E-state index contributed by atoms with van der Waals surface area (Å²) in [7, 11) is 1.80. The maximum atomic E-state index is 5.71. The first-order valence-corrected chi connectivity index (χ1v) is 7.36. The van der Waals surface area contributed by atoms with E-state index in [-0.39, 0.29) is 0 Å². The highest BCUT2D eigenvalue weighted by atomic mass is 16.5. The fourth-order valence-electron chi connectivity index (χ4n) is 1.87. The minimum atomic E-state index is 0.309. The van der Waals surface area contributed by atoms with Crippen LogP contribution in [0.25, 0.3) is 0 Å². The van der Waals surface area contributed by atoms with Gasteiger partial charge in [0.1, 0.15) is 0 Å². The van der Waals surface area contributed by atoms with Gasteiger partial charge in [-0.25, -0.2) is 0 Å². The summed E-state index contributed by atoms with van der Waals surface area (Å²) in [6.45, 7) is 8.68. The molecule has 1 rings (SSSR count). The Bertz CT molecular complexity index is 251. The van der Waals surface area contributed by atoms with Crippen molar-refractivity contribution in [1.82, 2.24) is 10.6 Å². The second kappa shape index (κ2) is 10.0. The summed E-state index contributed by atoms with van der Waals surface area (Å²) < 4.78 is 11.0. The number of guanidine groups is 1. The lowest BCUT2D eigenvalue weighted by molar-refractivity contribution is 0.0420. The average Bonchev–Trinajstić information content (AvgIpc) is 2.89. The minimum absolute atomic E-state index is 0.309. The van der Waals surface area contributed by atoms with Crippen molar-refractivity contribution >= 4 is 5.96 Å². The molecule has 1 atom stereocenters. The van der Waals surface area contributed by atoms with E-state index in [1.165, 1.54) is 0 Å². The van der Waals surface area contributed by atoms with E-state index < -0.39 is 0 Å². The molecule has 5 nitrogen and oxygen atoms in total. The third-order valence-electron chi connectivity index (χ3n) is 3.09. The Morgan fingerprint density at radius 1 is 1.37 bits per heavy atom. The highest BCUT2D eigenvalue weighted by Crippen LogP contribution is 2.07. The predicted octanol–water partition coefficient (Wildman–Crippen LogP) is 1.39. The summed E-state index contributed by atoms with van der Waals surface area (Å²) in [4.78, 5) is 4.19. The lowest BCUT2D eigenvalue weighted by Gasteiger charge is -2.13. The summed E-state index contributed by atoms with van der Waals surface area (Å²) in [5.41, 5.74) is 0. The third-order valence-corrected chi connectivity index (χ3v) is 3.09. The highest BCUT2D eigenvalue weighted by Gasteiger charge is 2.15. The molecule has 1 heterocycles. The molecule has 0 bridgehead atoms. The van der Waals surface area contributed by atoms with Gasteiger partial charge in [-0.05, 0) is 25.2 Å². The monoisotopic (exact) mass is 271 g/mol. The average molecular weight is 271 g/mol. The van der Waals surface area contributed by atoms with E-state index in [0.29, 0.717) is 12.0 Å². The molecule has 0 amide bonds. The fraction of sp³-hybridized carbons (Fsp3) is 0.929. The zero-order chi connectivity index (χ0) is 13.9. The molecule has 0 aromatic heterocycles. The molecule has 1 saturated heterocycles. The van der Waals surface area contributed by atoms with Gasteiger partial charge in [-0.3, -0.25) is 4.99 Å². The summed E-state index contributed by atoms with van der Waals surface area (Å²) in [5, 5.41) is 6.61. The van der Waals surface area contributed by atoms with E-state index in [1.807, 2.05) is 0 Å². The second-order valence-electron chi connectivity index (χ2n) is 5.32. The molecule has 0 aromatic rings. The van der Waals surface area contributed by atoms with Crippen molar-refractivity contribution in [2.45, 2.75) is 39.2 Å². The number of ether oxygens (including phenoxy) is 2. The third kappa shape index (κ3) is 8.06. The van der Waals surface area contributed by atoms with Gasteiger partial charge in [-0.2, -0.15) is 0 Å². The number of hydrogen-bond acceptors (Lipinski definition) is 3. The van der Waals surface area contributed by atoms with Crippen LogP contribution >= 0.6 is 0 Å². The largest absolute Gasteiger partial charge is 0.379 e. The standard InChI is InChI=1S/C14H29N3O2/c1-12(2)5-8-17-14(15-3)16-7-4-9-19-13-6-10-18-11-13/h12-13H,4-11H2,1-3H3,(H2,15,16,17). The maximum Gasteiger partial charge on any atom is 0.190 e. The maximum absolute atomic E-state index is 5.71. The summed E-state index contributed by atoms with van der Waals surface area (Å²) in [5.74, 6) is 1.59. The van der Waals surface area contributed by atoms with Crippen LogP contribution in [-0.2, 0) is 9.47 Å². The molecule has 1 aliphatic rings. The molecule has 5 heteroatoms. The Morgan fingerprint density at radius 2 is 2.16 bits per heavy atom. The number of nitrogens with one attached hydrogen (secondary N) is 2. The Kier molecular flexibility index (Phi) is 8.58. The summed E-state index contributed by atoms with van der Waals surface area (Å²) in [6, 6.07) is 0. The van der Waals surface area contributed by atoms with Crippen LogP contribution in [0.3, 0.4) is 0 Å². The van der Waals surface area contributed by atoms with Crippen LogP contribution in [-0.4, -0.2) is 52.0 Å². The van der Waals surface area contributed by atoms with Crippen LogP contribution < -0.4 is 10.6 Å². The molecule has 1 unspecified atom stereocenters. The van der Waals surface area contributed by atoms with E-state index in [0.717, 1.165) is 58.1 Å². The van der Waals surface area contributed by atoms with Crippen LogP contribution in [0.1, 0.15) is 33.1 Å². The summed E-state index contributed by atoms with van der Waals surface area (Å²) >= 11 is 0. The van der Waals surface area contributed by atoms with Crippen LogP contribution in [0.5, 0.6) is 0 Å². The van der Waals surface area contributed by atoms with Crippen molar-refractivity contribution in [2.24, 2.45) is 10.9 Å². The van der Waals surface area contributed by atoms with Gasteiger partial charge in [0.2, 0.25) is 0 Å². The lowest BCUT2D eigenvalue weighted by atomic mass is 10.1. The number of rotatable bonds is 8. The summed E-state index contributed by atoms with van der Waals surface area (Å²) in [6.07, 6.45) is 3.49. The molecule has 0 aliphatic carbocycles. The van der Waals surface area contributed by atoms with Gasteiger partial charge in [-0.15, -0.1) is 0 Å². The van der Waals surface area contributed by atoms with Crippen molar-refractivity contribution in [1.29, 1.82) is 0 Å². The fourth-order valence-corrected chi connectivity index (χ4v) is 1.87. The molecule has 2 N–H and O–H groups in total. The predicted molar refractivity (Wildman–Crippen MR) is 78.6 cm³/mol. The first-order chi connectivity index (χ1) is 9.22. The van der Waals surface area contributed by atoms with Crippen molar-refractivity contribution in [2.75, 3.05) is 40.0 Å². The van der Waals surface area contributed by atoms with Crippen LogP contribution in [0.4, 0.5) is 0 Å². The normalized spacial score (nSPS) is 20.0. The molecule has 0 spiro atoms. The Morgan fingerprint density at radius 3 is 2.79 bits per heavy atom. The molecule has 0 aromatic carbocycles. The van der Waals surface area contributed by atoms with Crippen molar-refractivity contribution in [3.63, 3.8) is 0 Å². The SMILES string of the molecule is CN=C(NCCCOC1CCOC1)NCCC(C)C. The van der Waals surface area contributed by atoms with Crippen molar-refractivity contribution in [3.05, 3.63) is 0 Å². The Labute approximate surface area is 117 Å². The van der Waals surface area contributed by atoms with E-state index in [4.69, 9.17) is 9.47 Å². The van der Waals surface area contributed by atoms with Gasteiger partial charge in [0, 0.05) is 33.4 Å². The van der Waals surface area contributed by atoms with Gasteiger partial charge in [0.05, 0.1) is 12.7 Å². The number of aliphatic imine (C=N–C) groups is 1. The van der Waals surface area contributed by atoms with E-state index in [1.54, 1.807) is 7.05 Å². The molecule has 0 saturated carbocycles. The first kappa shape index (κ1) is 16.2. The van der Waals surface area contributed by atoms with Crippen molar-refractivity contribution < 1.29 is 9.47 Å². The van der Waals surface area contributed by atoms with E-state index in [2.05, 4.69) is 29.5 Å². The van der Waals surface area contributed by atoms with E-state index in [9.17, 15) is 0 Å². The van der Waals surface area contributed by atoms with Gasteiger partial charge in [-0.1, -0.05) is 13.8 Å². The Balaban J connectivity index is 1.96. The van der Waals surface area contributed by atoms with Crippen molar-refractivity contribution in [3.8, 4) is 0 Å². The molecule has 1 fully saturated rings. The molecule has 19 heavy (non-hydrogen) atoms. The van der Waals surface area contributed by atoms with Gasteiger partial charge < -0.3 is 20.1 Å². The topological polar surface area (TPSA) is 54.9 Å². The number of hydrogen-bond donors (Lipinski definition) is 2. The second-order valence-corrected chi connectivity index (χ2v) is 5.32. The zero-order valence-corrected chi connectivity index (χ0v) is 12.6. The van der Waals surface area contributed by atoms with Gasteiger partial charge in [0.15, 0.2) is 5.96 Å². The molecule has 112 valence electrons. The van der Waals surface area contributed by atoms with Gasteiger partial charge >= 0.3 is 0 Å². The molecular formula is C14H29N3O2. The highest BCUT2D eigenvalue weighted by molar-refractivity contribution is 5.79. The van der Waals surface area contributed by atoms with Crippen LogP contribution in [0, 0.1) is 5.92 Å². The minimum Gasteiger partial charge on any atom is -0.379 e. The van der Waals surface area contributed by atoms with E-state index >= 15 is 0 Å². The number of nitrogens with zero attached hydrogens (tertiary/aromatic N) is 1. The smallest absolute Gasteiger partial charge is 0.190 e. The first-order valence-electron chi connectivity index (χ1n) is 7.36. The van der Waals surface area contributed by atoms with Crippen LogP contribution in [0.2, 0.25) is 0 Å².